The number of carbonyl (C=O) groups excluding carboxylic acids is 5. The molecule has 139 heavy (non-hydrogen) atoms. The number of carboxylic acid groups (broad SMARTS) is 4. The average molecular weight is 1970 g/mol. The summed E-state index contributed by atoms with van der Waals surface area (Å²) in [6.45, 7) is 11.2. The van der Waals surface area contributed by atoms with Crippen LogP contribution in [0.25, 0.3) is 0 Å². The van der Waals surface area contributed by atoms with Gasteiger partial charge in [-0.1, -0.05) is 283 Å². The Bertz CT molecular complexity index is 5390. The number of hydrogen-bond acceptors (Lipinski definition) is 13. The maximum atomic E-state index is 13.9. The Balaban J connectivity index is 0.000000166. The van der Waals surface area contributed by atoms with Crippen LogP contribution in [0, 0.1) is 36.0 Å². The first kappa shape index (κ1) is 108. The van der Waals surface area contributed by atoms with Crippen LogP contribution in [0.4, 0.5) is 35.1 Å². The number of carboxylic acids is 4. The third-order valence-electron chi connectivity index (χ3n) is 22.1. The van der Waals surface area contributed by atoms with Crippen molar-refractivity contribution in [1.29, 1.82) is 0 Å². The van der Waals surface area contributed by atoms with E-state index in [-0.39, 0.29) is 49.0 Å². The highest BCUT2D eigenvalue weighted by Crippen LogP contribution is 2.61. The molecule has 4 saturated carbocycles. The molecule has 4 bridgehead atoms. The van der Waals surface area contributed by atoms with Crippen LogP contribution in [-0.2, 0) is 82.4 Å². The van der Waals surface area contributed by atoms with Crippen molar-refractivity contribution in [2.24, 2.45) is 29.1 Å². The van der Waals surface area contributed by atoms with Crippen molar-refractivity contribution in [3.63, 3.8) is 0 Å². The summed E-state index contributed by atoms with van der Waals surface area (Å²) in [5.74, 6) is -19.0. The summed E-state index contributed by atoms with van der Waals surface area (Å²) in [6, 6.07) is 140. The third-order valence-corrected chi connectivity index (χ3v) is 31.1. The van der Waals surface area contributed by atoms with Crippen LogP contribution in [0.15, 0.2) is 471 Å². The van der Waals surface area contributed by atoms with Crippen molar-refractivity contribution in [3.8, 4) is 11.5 Å². The summed E-state index contributed by atoms with van der Waals surface area (Å²) in [6.07, 6.45) is -5.86. The van der Waals surface area contributed by atoms with Crippen molar-refractivity contribution in [2.45, 2.75) is 174 Å². The van der Waals surface area contributed by atoms with Gasteiger partial charge in [-0.25, -0.2) is 0 Å². The van der Waals surface area contributed by atoms with Gasteiger partial charge in [0.2, 0.25) is 0 Å². The predicted octanol–water partition coefficient (Wildman–Crippen LogP) is 22.7. The van der Waals surface area contributed by atoms with E-state index >= 15 is 0 Å². The molecule has 0 radical (unpaired) electrons. The molecule has 4 fully saturated rings. The van der Waals surface area contributed by atoms with Crippen molar-refractivity contribution in [2.75, 3.05) is 13.7 Å². The molecule has 0 saturated heterocycles. The Labute approximate surface area is 818 Å². The Morgan fingerprint density at radius 3 is 0.806 bits per heavy atom. The predicted molar refractivity (Wildman–Crippen MR) is 521 cm³/mol. The van der Waals surface area contributed by atoms with E-state index in [1.807, 2.05) is 19.1 Å². The minimum Gasteiger partial charge on any atom is -0.546 e. The van der Waals surface area contributed by atoms with E-state index in [9.17, 15) is 79.5 Å². The fourth-order valence-electron chi connectivity index (χ4n) is 15.9. The molecule has 1 atom stereocenters. The maximum absolute atomic E-state index is 13.9. The van der Waals surface area contributed by atoms with Crippen LogP contribution in [0.3, 0.4) is 0 Å². The lowest BCUT2D eigenvalue weighted by Gasteiger charge is -2.55. The van der Waals surface area contributed by atoms with Gasteiger partial charge >= 0.3 is 30.0 Å². The number of rotatable bonds is 26. The first-order valence-corrected chi connectivity index (χ1v) is 49.6. The van der Waals surface area contributed by atoms with E-state index in [1.165, 1.54) is 96.4 Å². The van der Waals surface area contributed by atoms with Gasteiger partial charge in [0.25, 0.3) is 0 Å². The van der Waals surface area contributed by atoms with Gasteiger partial charge in [-0.05, 0) is 250 Å². The number of para-hydroxylation sites is 1. The highest BCUT2D eigenvalue weighted by atomic mass is 32.2. The number of halogens is 8. The van der Waals surface area contributed by atoms with E-state index < -0.39 is 83.7 Å². The summed E-state index contributed by atoms with van der Waals surface area (Å²) in [5.41, 5.74) is 2.00. The smallest absolute Gasteiger partial charge is 0.470 e. The van der Waals surface area contributed by atoms with Gasteiger partial charge in [0.05, 0.1) is 55.0 Å². The number of ether oxygens (including phenoxy) is 4. The highest BCUT2D eigenvalue weighted by molar-refractivity contribution is 7.98. The summed E-state index contributed by atoms with van der Waals surface area (Å²) in [7, 11) is 0.486. The fraction of sp³-hybridized carbons (Fsp3) is 0.219. The lowest BCUT2D eigenvalue weighted by atomic mass is 9.49. The van der Waals surface area contributed by atoms with Gasteiger partial charge in [0.15, 0.2) is 64.8 Å². The molecule has 14 aromatic rings. The van der Waals surface area contributed by atoms with Crippen molar-refractivity contribution < 1.29 is 98.5 Å². The van der Waals surface area contributed by atoms with Crippen LogP contribution in [0.1, 0.15) is 84.3 Å². The zero-order chi connectivity index (χ0) is 100. The second kappa shape index (κ2) is 52.0. The van der Waals surface area contributed by atoms with Gasteiger partial charge in [-0.3, -0.25) is 4.79 Å². The number of carbonyl (C=O) groups is 5. The summed E-state index contributed by atoms with van der Waals surface area (Å²) in [4.78, 5) is 68.9. The Morgan fingerprint density at radius 2 is 0.597 bits per heavy atom. The molecule has 0 aromatic heterocycles. The molecule has 4 aliphatic rings. The van der Waals surface area contributed by atoms with Crippen LogP contribution in [-0.4, -0.2) is 73.7 Å². The van der Waals surface area contributed by atoms with Crippen LogP contribution < -0.4 is 29.9 Å². The molecule has 1 unspecified atom stereocenters. The molecule has 13 nitrogen and oxygen atoms in total. The molecule has 0 aliphatic heterocycles. The zero-order valence-corrected chi connectivity index (χ0v) is 80.8. The van der Waals surface area contributed by atoms with E-state index in [0.29, 0.717) is 49.9 Å². The number of benzene rings is 14. The molecular weight excluding hydrogens is 1860 g/mol. The SMILES string of the molecule is CC(C)(C)c1ccc([S+](c2ccccc2)c2ccccc2)cc1.CC(C)C(OC(=O)C12CC3CC(CC(C3)C1)C2)C(F)(F)C(=O)[O-].COC(F)(F)C(=O)[O-].Cc1ccc(OCC(=O)[O-])cc1.O=C([O-])C(F)(F)C(F)(F)Oc1ccccc1.c1ccc([S+](c2ccccc2)c2ccccc2)cc1.c1ccc([S+](c2ccccc2)c2ccccc2)cc1.c1ccc([S+](c2ccccc2)c2ccccc2)cc1. The molecule has 722 valence electrons. The molecule has 0 heterocycles. The first-order valence-electron chi connectivity index (χ1n) is 44.7. The van der Waals surface area contributed by atoms with Crippen molar-refractivity contribution in [1.82, 2.24) is 0 Å². The summed E-state index contributed by atoms with van der Waals surface area (Å²) in [5, 5.41) is 39.9. The number of hydrogen-bond donors (Lipinski definition) is 0. The van der Waals surface area contributed by atoms with Crippen LogP contribution in [0.2, 0.25) is 0 Å². The normalized spacial score (nSPS) is 15.3. The van der Waals surface area contributed by atoms with Gasteiger partial charge in [0, 0.05) is 7.11 Å². The molecule has 4 aliphatic carbocycles. The van der Waals surface area contributed by atoms with Gasteiger partial charge in [-0.15, -0.1) is 0 Å². The largest absolute Gasteiger partial charge is 0.546 e. The Kier molecular flexibility index (Phi) is 40.4. The molecule has 25 heteroatoms. The molecule has 0 N–H and O–H groups in total. The van der Waals surface area contributed by atoms with Crippen LogP contribution in [0.5, 0.6) is 11.5 Å². The summed E-state index contributed by atoms with van der Waals surface area (Å²) >= 11 is 0. The third kappa shape index (κ3) is 31.7. The second-order valence-electron chi connectivity index (χ2n) is 33.9. The summed E-state index contributed by atoms with van der Waals surface area (Å²) < 4.78 is 118. The minimum absolute atomic E-state index is 0.0146. The van der Waals surface area contributed by atoms with Gasteiger partial charge < -0.3 is 58.6 Å². The zero-order valence-electron chi connectivity index (χ0n) is 77.6. The number of methoxy groups -OCH3 is 1. The minimum atomic E-state index is -5.40. The van der Waals surface area contributed by atoms with E-state index in [2.05, 4.69) is 388 Å². The monoisotopic (exact) mass is 1960 g/mol. The number of esters is 1. The topological polar surface area (TPSA) is 215 Å². The van der Waals surface area contributed by atoms with Crippen molar-refractivity contribution in [3.05, 3.63) is 424 Å². The molecule has 18 rings (SSSR count). The van der Waals surface area contributed by atoms with E-state index in [1.54, 1.807) is 12.1 Å². The standard InChI is InChI=1S/C22H23S.3C18H15S.C17H24F2O4.C9H6F4O3.C9H10O3.C3H4F2O3/c1-22(2,3)18-14-16-21(17-15-18)23(19-10-6-4-7-11-19)20-12-8-5-9-13-20;3*1-4-10-16(11-5-1)19(17-12-6-2-7-13-17)18-14-8-3-9-15-18;1-9(2)13(17(18,19)14(20)21)23-15(22)16-6-10-3-11(7-16)5-12(4-10)8-16;10-8(11,7(14)15)9(12,13)16-6-4-2-1-3-5-6;1-7-2-4-8(5-3-7)12-6-9(10)11;1-8-3(4,5)2(6)7/h4-17H,1-3H3;3*1-15H;9-13H,3-8H2,1-2H3,(H,20,21);1-5H,(H,14,15);2-5H,6H2,1H3,(H,10,11);1H3,(H,6,7)/q4*+1;;;;/p-4. The number of aryl methyl sites for hydroxylation is 1. The Hall–Kier alpha value is -13.2. The quantitative estimate of drug-likeness (QED) is 0.0280. The molecule has 0 amide bonds. The first-order chi connectivity index (χ1) is 66.5. The second-order valence-corrected chi connectivity index (χ2v) is 42.0. The highest BCUT2D eigenvalue weighted by Gasteiger charge is 2.61. The Morgan fingerprint density at radius 1 is 0.345 bits per heavy atom. The van der Waals surface area contributed by atoms with Crippen LogP contribution >= 0.6 is 0 Å². The lowest BCUT2D eigenvalue weighted by molar-refractivity contribution is -0.372. The average Bonchev–Trinajstić information content (AvgIpc) is 0.735. The fourth-order valence-corrected chi connectivity index (χ4v) is 24.3. The molecular formula is C114H108F8O13S4. The van der Waals surface area contributed by atoms with E-state index in [4.69, 9.17) is 9.47 Å². The van der Waals surface area contributed by atoms with Gasteiger partial charge in [-0.2, -0.15) is 35.1 Å². The van der Waals surface area contributed by atoms with Crippen molar-refractivity contribution >= 4 is 73.4 Å². The lowest BCUT2D eigenvalue weighted by Crippen LogP contribution is -2.56. The number of alkyl halides is 8. The molecule has 0 spiro atoms. The van der Waals surface area contributed by atoms with E-state index in [0.717, 1.165) is 37.0 Å². The number of aliphatic carboxylic acids is 4. The maximum Gasteiger partial charge on any atom is 0.470 e. The molecule has 14 aromatic carbocycles. The van der Waals surface area contributed by atoms with Gasteiger partial charge in [0.1, 0.15) is 36.0 Å².